The van der Waals surface area contributed by atoms with E-state index in [9.17, 15) is 4.79 Å². The molecule has 2 rings (SSSR count). The second-order valence-corrected chi connectivity index (χ2v) is 4.82. The third-order valence-corrected chi connectivity index (χ3v) is 3.52. The molecule has 5 nitrogen and oxygen atoms in total. The molecule has 0 radical (unpaired) electrons. The number of nitrogens with one attached hydrogen (secondary N) is 1. The summed E-state index contributed by atoms with van der Waals surface area (Å²) in [5.41, 5.74) is 0. The first-order valence-corrected chi connectivity index (χ1v) is 6.13. The van der Waals surface area contributed by atoms with Gasteiger partial charge in [0, 0.05) is 51.9 Å². The largest absolute Gasteiger partial charge is 0.322 e. The highest BCUT2D eigenvalue weighted by Crippen LogP contribution is 2.09. The van der Waals surface area contributed by atoms with E-state index in [1.165, 1.54) is 0 Å². The van der Waals surface area contributed by atoms with Crippen molar-refractivity contribution in [3.05, 3.63) is 0 Å². The van der Waals surface area contributed by atoms with Crippen LogP contribution in [0.1, 0.15) is 6.92 Å². The lowest BCUT2D eigenvalue weighted by atomic mass is 10.2. The number of likely N-dealkylation sites (N-methyl/N-ethyl adjacent to an activating group) is 1. The van der Waals surface area contributed by atoms with Gasteiger partial charge < -0.3 is 20.0 Å². The minimum atomic E-state index is 0.224. The molecule has 1 atom stereocenters. The van der Waals surface area contributed by atoms with Crippen molar-refractivity contribution in [2.75, 3.05) is 52.9 Å². The Labute approximate surface area is 97.4 Å². The van der Waals surface area contributed by atoms with Gasteiger partial charge in [-0.05, 0) is 14.0 Å². The topological polar surface area (TPSA) is 38.8 Å². The molecule has 2 amide bonds. The number of nitrogens with zero attached hydrogens (tertiary/aromatic N) is 3. The van der Waals surface area contributed by atoms with Gasteiger partial charge in [-0.25, -0.2) is 4.79 Å². The van der Waals surface area contributed by atoms with E-state index >= 15 is 0 Å². The van der Waals surface area contributed by atoms with Crippen LogP contribution in [0.2, 0.25) is 0 Å². The summed E-state index contributed by atoms with van der Waals surface area (Å²) in [6.07, 6.45) is 0. The van der Waals surface area contributed by atoms with Gasteiger partial charge in [-0.2, -0.15) is 0 Å². The van der Waals surface area contributed by atoms with E-state index in [1.54, 1.807) is 0 Å². The van der Waals surface area contributed by atoms with Gasteiger partial charge in [-0.3, -0.25) is 0 Å². The average molecular weight is 226 g/mol. The SMILES string of the molecule is CC1CNCCN1C(=O)N1CCN(C)CC1. The summed E-state index contributed by atoms with van der Waals surface area (Å²) in [5, 5.41) is 3.31. The van der Waals surface area contributed by atoms with Gasteiger partial charge in [0.15, 0.2) is 0 Å². The van der Waals surface area contributed by atoms with Crippen LogP contribution in [0, 0.1) is 0 Å². The van der Waals surface area contributed by atoms with E-state index in [0.717, 1.165) is 45.8 Å². The van der Waals surface area contributed by atoms with Crippen LogP contribution in [0.15, 0.2) is 0 Å². The van der Waals surface area contributed by atoms with E-state index in [4.69, 9.17) is 0 Å². The lowest BCUT2D eigenvalue weighted by Gasteiger charge is -2.40. The summed E-state index contributed by atoms with van der Waals surface area (Å²) in [5.74, 6) is 0. The molecule has 16 heavy (non-hydrogen) atoms. The Balaban J connectivity index is 1.90. The van der Waals surface area contributed by atoms with Crippen LogP contribution in [-0.4, -0.2) is 79.6 Å². The number of hydrogen-bond acceptors (Lipinski definition) is 3. The Morgan fingerprint density at radius 3 is 2.50 bits per heavy atom. The Kier molecular flexibility index (Phi) is 3.66. The van der Waals surface area contributed by atoms with Crippen LogP contribution in [-0.2, 0) is 0 Å². The van der Waals surface area contributed by atoms with Crippen LogP contribution in [0.4, 0.5) is 4.79 Å². The highest BCUT2D eigenvalue weighted by atomic mass is 16.2. The van der Waals surface area contributed by atoms with Gasteiger partial charge >= 0.3 is 6.03 Å². The third-order valence-electron chi connectivity index (χ3n) is 3.52. The van der Waals surface area contributed by atoms with Gasteiger partial charge in [0.05, 0.1) is 0 Å². The number of rotatable bonds is 0. The molecule has 0 aliphatic carbocycles. The minimum Gasteiger partial charge on any atom is -0.322 e. The average Bonchev–Trinajstić information content (AvgIpc) is 2.30. The fraction of sp³-hybridized carbons (Fsp3) is 0.909. The highest BCUT2D eigenvalue weighted by Gasteiger charge is 2.28. The van der Waals surface area contributed by atoms with Crippen molar-refractivity contribution in [2.24, 2.45) is 0 Å². The van der Waals surface area contributed by atoms with Crippen LogP contribution < -0.4 is 5.32 Å². The lowest BCUT2D eigenvalue weighted by Crippen LogP contribution is -2.58. The zero-order valence-corrected chi connectivity index (χ0v) is 10.3. The first-order valence-electron chi connectivity index (χ1n) is 6.13. The van der Waals surface area contributed by atoms with Crippen LogP contribution in [0.3, 0.4) is 0 Å². The molecule has 0 aromatic rings. The second kappa shape index (κ2) is 5.01. The van der Waals surface area contributed by atoms with Crippen LogP contribution >= 0.6 is 0 Å². The predicted molar refractivity (Wildman–Crippen MR) is 63.5 cm³/mol. The number of piperazine rings is 2. The first kappa shape index (κ1) is 11.7. The zero-order chi connectivity index (χ0) is 11.5. The quantitative estimate of drug-likeness (QED) is 0.613. The molecule has 0 bridgehead atoms. The van der Waals surface area contributed by atoms with Crippen molar-refractivity contribution in [3.8, 4) is 0 Å². The normalized spacial score (nSPS) is 28.2. The number of hydrogen-bond donors (Lipinski definition) is 1. The summed E-state index contributed by atoms with van der Waals surface area (Å²) in [4.78, 5) is 18.5. The first-order chi connectivity index (χ1) is 7.68. The fourth-order valence-corrected chi connectivity index (χ4v) is 2.30. The molecule has 0 saturated carbocycles. The molecule has 2 aliphatic rings. The van der Waals surface area contributed by atoms with E-state index < -0.39 is 0 Å². The zero-order valence-electron chi connectivity index (χ0n) is 10.3. The smallest absolute Gasteiger partial charge is 0.320 e. The van der Waals surface area contributed by atoms with E-state index in [1.807, 2.05) is 9.80 Å². The summed E-state index contributed by atoms with van der Waals surface area (Å²) < 4.78 is 0. The van der Waals surface area contributed by atoms with E-state index in [0.29, 0.717) is 6.04 Å². The second-order valence-electron chi connectivity index (χ2n) is 4.82. The highest BCUT2D eigenvalue weighted by molar-refractivity contribution is 5.75. The summed E-state index contributed by atoms with van der Waals surface area (Å²) >= 11 is 0. The summed E-state index contributed by atoms with van der Waals surface area (Å²) in [7, 11) is 2.11. The summed E-state index contributed by atoms with van der Waals surface area (Å²) in [6.45, 7) is 8.51. The fourth-order valence-electron chi connectivity index (χ4n) is 2.30. The third kappa shape index (κ3) is 2.47. The Bertz CT molecular complexity index is 250. The molecule has 2 fully saturated rings. The lowest BCUT2D eigenvalue weighted by molar-refractivity contribution is 0.103. The van der Waals surface area contributed by atoms with E-state index in [-0.39, 0.29) is 6.03 Å². The Morgan fingerprint density at radius 2 is 1.88 bits per heavy atom. The maximum absolute atomic E-state index is 12.3. The molecule has 92 valence electrons. The van der Waals surface area contributed by atoms with Gasteiger partial charge in [0.2, 0.25) is 0 Å². The molecule has 1 N–H and O–H groups in total. The van der Waals surface area contributed by atoms with Crippen molar-refractivity contribution >= 4 is 6.03 Å². The molecule has 2 heterocycles. The maximum Gasteiger partial charge on any atom is 0.320 e. The Hall–Kier alpha value is -0.810. The van der Waals surface area contributed by atoms with Crippen molar-refractivity contribution < 1.29 is 4.79 Å². The van der Waals surface area contributed by atoms with E-state index in [2.05, 4.69) is 24.2 Å². The van der Waals surface area contributed by atoms with Gasteiger partial charge in [-0.1, -0.05) is 0 Å². The van der Waals surface area contributed by atoms with Crippen molar-refractivity contribution in [2.45, 2.75) is 13.0 Å². The van der Waals surface area contributed by atoms with Gasteiger partial charge in [-0.15, -0.1) is 0 Å². The molecule has 0 aromatic heterocycles. The summed E-state index contributed by atoms with van der Waals surface area (Å²) in [6, 6.07) is 0.544. The number of carbonyl (C=O) groups excluding carboxylic acids is 1. The molecule has 2 saturated heterocycles. The monoisotopic (exact) mass is 226 g/mol. The molecule has 5 heteroatoms. The van der Waals surface area contributed by atoms with Crippen molar-refractivity contribution in [1.29, 1.82) is 0 Å². The molecular weight excluding hydrogens is 204 g/mol. The standard InChI is InChI=1S/C11H22N4O/c1-10-9-12-3-4-15(10)11(16)14-7-5-13(2)6-8-14/h10,12H,3-9H2,1-2H3. The minimum absolute atomic E-state index is 0.224. The predicted octanol–water partition coefficient (Wildman–Crippen LogP) is -0.352. The van der Waals surface area contributed by atoms with Crippen molar-refractivity contribution in [1.82, 2.24) is 20.0 Å². The maximum atomic E-state index is 12.3. The molecule has 1 unspecified atom stereocenters. The Morgan fingerprint density at radius 1 is 1.19 bits per heavy atom. The molecule has 2 aliphatic heterocycles. The van der Waals surface area contributed by atoms with Gasteiger partial charge in [0.25, 0.3) is 0 Å². The van der Waals surface area contributed by atoms with Crippen LogP contribution in [0.5, 0.6) is 0 Å². The number of urea groups is 1. The van der Waals surface area contributed by atoms with Crippen LogP contribution in [0.25, 0.3) is 0 Å². The van der Waals surface area contributed by atoms with Gasteiger partial charge in [0.1, 0.15) is 0 Å². The molecule has 0 spiro atoms. The molecular formula is C11H22N4O. The number of carbonyl (C=O) groups is 1. The number of amides is 2. The molecule has 0 aromatic carbocycles. The van der Waals surface area contributed by atoms with Crippen molar-refractivity contribution in [3.63, 3.8) is 0 Å².